The molecular weight excluding hydrogens is 357 g/mol. The fourth-order valence-corrected chi connectivity index (χ4v) is 3.70. The van der Waals surface area contributed by atoms with E-state index in [9.17, 15) is 4.39 Å². The summed E-state index contributed by atoms with van der Waals surface area (Å²) in [6.07, 6.45) is 2.92. The first-order chi connectivity index (χ1) is 13.7. The Labute approximate surface area is 161 Å². The van der Waals surface area contributed by atoms with Crippen LogP contribution in [-0.2, 0) is 0 Å². The van der Waals surface area contributed by atoms with Gasteiger partial charge in [0, 0.05) is 31.3 Å². The van der Waals surface area contributed by atoms with Crippen molar-refractivity contribution in [2.45, 2.75) is 19.3 Å². The highest BCUT2D eigenvalue weighted by atomic mass is 19.1. The summed E-state index contributed by atoms with van der Waals surface area (Å²) < 4.78 is 15.1. The van der Waals surface area contributed by atoms with Crippen LogP contribution in [0.3, 0.4) is 0 Å². The molecule has 0 radical (unpaired) electrons. The van der Waals surface area contributed by atoms with E-state index < -0.39 is 0 Å². The molecule has 0 bridgehead atoms. The standard InChI is InChI=1S/C20H20FN7/c1-13-11-17(26-25-13)22-20-24-19(23-18-3-2-9-28(18)20)27-10-8-15(12-27)14-4-6-16(21)7-5-14/h2-7,9,11,15H,8,10,12H2,1H3,(H2,22,23,24,25,26). The molecule has 4 aromatic rings. The Hall–Kier alpha value is -3.42. The summed E-state index contributed by atoms with van der Waals surface area (Å²) in [5.74, 6) is 2.29. The van der Waals surface area contributed by atoms with Crippen LogP contribution in [0.15, 0.2) is 48.7 Å². The summed E-state index contributed by atoms with van der Waals surface area (Å²) in [6, 6.07) is 12.6. The number of aryl methyl sites for hydroxylation is 1. The van der Waals surface area contributed by atoms with Gasteiger partial charge in [0.15, 0.2) is 0 Å². The molecule has 7 nitrogen and oxygen atoms in total. The molecule has 5 rings (SSSR count). The van der Waals surface area contributed by atoms with Gasteiger partial charge < -0.3 is 10.2 Å². The van der Waals surface area contributed by atoms with Crippen molar-refractivity contribution in [2.75, 3.05) is 23.3 Å². The van der Waals surface area contributed by atoms with Crippen molar-refractivity contribution in [3.05, 3.63) is 65.7 Å². The fraction of sp³-hybridized carbons (Fsp3) is 0.250. The van der Waals surface area contributed by atoms with Gasteiger partial charge in [0.2, 0.25) is 11.9 Å². The molecule has 1 saturated heterocycles. The van der Waals surface area contributed by atoms with Crippen molar-refractivity contribution in [2.24, 2.45) is 0 Å². The maximum Gasteiger partial charge on any atom is 0.230 e. The topological polar surface area (TPSA) is 74.1 Å². The van der Waals surface area contributed by atoms with E-state index in [0.717, 1.165) is 42.2 Å². The molecule has 0 amide bonds. The molecule has 4 heterocycles. The van der Waals surface area contributed by atoms with Gasteiger partial charge in [0.25, 0.3) is 0 Å². The number of hydrogen-bond acceptors (Lipinski definition) is 5. The quantitative estimate of drug-likeness (QED) is 0.568. The molecule has 142 valence electrons. The Morgan fingerprint density at radius 3 is 2.82 bits per heavy atom. The van der Waals surface area contributed by atoms with Crippen LogP contribution in [0.25, 0.3) is 5.65 Å². The number of anilines is 3. The summed E-state index contributed by atoms with van der Waals surface area (Å²) in [6.45, 7) is 3.60. The molecule has 0 spiro atoms. The van der Waals surface area contributed by atoms with E-state index >= 15 is 0 Å². The van der Waals surface area contributed by atoms with Gasteiger partial charge in [-0.2, -0.15) is 15.1 Å². The van der Waals surface area contributed by atoms with Crippen LogP contribution < -0.4 is 10.2 Å². The summed E-state index contributed by atoms with van der Waals surface area (Å²) in [7, 11) is 0. The summed E-state index contributed by atoms with van der Waals surface area (Å²) >= 11 is 0. The normalized spacial score (nSPS) is 16.8. The minimum absolute atomic E-state index is 0.203. The third kappa shape index (κ3) is 3.06. The molecule has 1 fully saturated rings. The maximum atomic E-state index is 13.2. The smallest absolute Gasteiger partial charge is 0.230 e. The van der Waals surface area contributed by atoms with Gasteiger partial charge in [-0.1, -0.05) is 12.1 Å². The second-order valence-electron chi connectivity index (χ2n) is 7.11. The molecule has 28 heavy (non-hydrogen) atoms. The van der Waals surface area contributed by atoms with Crippen LogP contribution >= 0.6 is 0 Å². The Bertz CT molecular complexity index is 1120. The minimum Gasteiger partial charge on any atom is -0.340 e. The number of nitrogens with zero attached hydrogens (tertiary/aromatic N) is 5. The first-order valence-electron chi connectivity index (χ1n) is 9.30. The van der Waals surface area contributed by atoms with Crippen molar-refractivity contribution < 1.29 is 4.39 Å². The Balaban J connectivity index is 1.43. The van der Waals surface area contributed by atoms with E-state index in [1.807, 2.05) is 47.9 Å². The van der Waals surface area contributed by atoms with E-state index in [2.05, 4.69) is 20.4 Å². The summed E-state index contributed by atoms with van der Waals surface area (Å²) in [4.78, 5) is 11.7. The van der Waals surface area contributed by atoms with Gasteiger partial charge in [-0.15, -0.1) is 0 Å². The molecular formula is C20H20FN7. The van der Waals surface area contributed by atoms with E-state index in [0.29, 0.717) is 17.8 Å². The van der Waals surface area contributed by atoms with E-state index in [1.165, 1.54) is 12.1 Å². The fourth-order valence-electron chi connectivity index (χ4n) is 3.70. The number of fused-ring (bicyclic) bond motifs is 1. The number of H-pyrrole nitrogens is 1. The van der Waals surface area contributed by atoms with Gasteiger partial charge in [-0.05, 0) is 43.2 Å². The van der Waals surface area contributed by atoms with Gasteiger partial charge in [0.05, 0.1) is 5.69 Å². The van der Waals surface area contributed by atoms with Crippen molar-refractivity contribution in [3.63, 3.8) is 0 Å². The second-order valence-corrected chi connectivity index (χ2v) is 7.11. The first-order valence-corrected chi connectivity index (χ1v) is 9.30. The number of nitrogens with one attached hydrogen (secondary N) is 2. The Morgan fingerprint density at radius 1 is 1.18 bits per heavy atom. The van der Waals surface area contributed by atoms with Crippen LogP contribution in [-0.4, -0.2) is 37.7 Å². The lowest BCUT2D eigenvalue weighted by Gasteiger charge is -2.18. The number of hydrogen-bond donors (Lipinski definition) is 2. The lowest BCUT2D eigenvalue weighted by molar-refractivity contribution is 0.625. The zero-order valence-corrected chi connectivity index (χ0v) is 15.4. The van der Waals surface area contributed by atoms with Crippen LogP contribution in [0, 0.1) is 12.7 Å². The van der Waals surface area contributed by atoms with Crippen molar-refractivity contribution >= 4 is 23.4 Å². The lowest BCUT2D eigenvalue weighted by Crippen LogP contribution is -2.23. The largest absolute Gasteiger partial charge is 0.340 e. The molecule has 0 saturated carbocycles. The van der Waals surface area contributed by atoms with Crippen LogP contribution in [0.5, 0.6) is 0 Å². The highest BCUT2D eigenvalue weighted by Gasteiger charge is 2.26. The Morgan fingerprint density at radius 2 is 2.04 bits per heavy atom. The molecule has 1 atom stereocenters. The highest BCUT2D eigenvalue weighted by Crippen LogP contribution is 2.30. The molecule has 1 unspecified atom stereocenters. The summed E-state index contributed by atoms with van der Waals surface area (Å²) in [5, 5.41) is 10.4. The van der Waals surface area contributed by atoms with Crippen LogP contribution in [0.4, 0.5) is 22.1 Å². The first kappa shape index (κ1) is 16.7. The van der Waals surface area contributed by atoms with E-state index in [1.54, 1.807) is 0 Å². The zero-order valence-electron chi connectivity index (χ0n) is 15.4. The maximum absolute atomic E-state index is 13.2. The Kier molecular flexibility index (Phi) is 3.96. The van der Waals surface area contributed by atoms with Gasteiger partial charge >= 0.3 is 0 Å². The van der Waals surface area contributed by atoms with Crippen molar-refractivity contribution in [1.29, 1.82) is 0 Å². The predicted molar refractivity (Wildman–Crippen MR) is 106 cm³/mol. The third-order valence-electron chi connectivity index (χ3n) is 5.14. The molecule has 8 heteroatoms. The van der Waals surface area contributed by atoms with Crippen molar-refractivity contribution in [3.8, 4) is 0 Å². The number of rotatable bonds is 4. The zero-order chi connectivity index (χ0) is 19.1. The molecule has 0 aliphatic carbocycles. The predicted octanol–water partition coefficient (Wildman–Crippen LogP) is 3.64. The van der Waals surface area contributed by atoms with Gasteiger partial charge in [-0.3, -0.25) is 9.50 Å². The average Bonchev–Trinajstić information content (AvgIpc) is 3.43. The average molecular weight is 377 g/mol. The molecule has 3 aromatic heterocycles. The minimum atomic E-state index is -0.203. The number of aromatic amines is 1. The van der Waals surface area contributed by atoms with Gasteiger partial charge in [0.1, 0.15) is 17.3 Å². The molecule has 2 N–H and O–H groups in total. The van der Waals surface area contributed by atoms with Crippen LogP contribution in [0.2, 0.25) is 0 Å². The summed E-state index contributed by atoms with van der Waals surface area (Å²) in [5.41, 5.74) is 2.88. The lowest BCUT2D eigenvalue weighted by atomic mass is 9.99. The number of aromatic nitrogens is 5. The molecule has 1 aliphatic heterocycles. The highest BCUT2D eigenvalue weighted by molar-refractivity contribution is 5.57. The third-order valence-corrected chi connectivity index (χ3v) is 5.14. The monoisotopic (exact) mass is 377 g/mol. The van der Waals surface area contributed by atoms with Crippen molar-refractivity contribution in [1.82, 2.24) is 24.6 Å². The second kappa shape index (κ2) is 6.63. The van der Waals surface area contributed by atoms with E-state index in [4.69, 9.17) is 9.97 Å². The SMILES string of the molecule is Cc1cc(Nc2nc(N3CCC(c4ccc(F)cc4)C3)nc3cccn23)[nH]n1. The van der Waals surface area contributed by atoms with Gasteiger partial charge in [-0.25, -0.2) is 4.39 Å². The number of halogens is 1. The molecule has 1 aromatic carbocycles. The van der Waals surface area contributed by atoms with Crippen LogP contribution in [0.1, 0.15) is 23.6 Å². The van der Waals surface area contributed by atoms with E-state index in [-0.39, 0.29) is 5.82 Å². The number of benzene rings is 1. The molecule has 1 aliphatic rings.